The monoisotopic (exact) mass is 634 g/mol. The molecule has 0 aliphatic heterocycles. The Morgan fingerprint density at radius 2 is 0.733 bits per heavy atom. The summed E-state index contributed by atoms with van der Waals surface area (Å²) in [6, 6.07) is 0. The SMILES string of the molecule is C=CCCCOC(=O)[C@H]1CC=CC[C@H]1C(=O)OCCOCCOCCOCCOC(=O)[C@H]1CC=CC[C@H]1C(=O)OCCCC=C. The topological polar surface area (TPSA) is 133 Å². The molecule has 11 heteroatoms. The van der Waals surface area contributed by atoms with Crippen LogP contribution in [0, 0.1) is 23.7 Å². The van der Waals surface area contributed by atoms with Gasteiger partial charge in [-0.15, -0.1) is 13.2 Å². The predicted molar refractivity (Wildman–Crippen MR) is 166 cm³/mol. The van der Waals surface area contributed by atoms with Crippen molar-refractivity contribution in [3.8, 4) is 0 Å². The van der Waals surface area contributed by atoms with Gasteiger partial charge in [-0.2, -0.15) is 0 Å². The molecule has 0 N–H and O–H groups in total. The third kappa shape index (κ3) is 15.5. The first-order valence-electron chi connectivity index (χ1n) is 15.9. The van der Waals surface area contributed by atoms with Crippen LogP contribution in [0.15, 0.2) is 49.6 Å². The number of esters is 4. The molecule has 4 atom stereocenters. The lowest BCUT2D eigenvalue weighted by atomic mass is 9.83. The van der Waals surface area contributed by atoms with Crippen LogP contribution in [0.5, 0.6) is 0 Å². The molecule has 11 nitrogen and oxygen atoms in total. The fraction of sp³-hybridized carbons (Fsp3) is 0.647. The zero-order valence-electron chi connectivity index (χ0n) is 26.4. The molecule has 0 amide bonds. The first-order chi connectivity index (χ1) is 22.0. The normalized spacial score (nSPS) is 20.6. The lowest BCUT2D eigenvalue weighted by molar-refractivity contribution is -0.162. The summed E-state index contributed by atoms with van der Waals surface area (Å²) in [5.74, 6) is -3.79. The highest BCUT2D eigenvalue weighted by Gasteiger charge is 2.37. The van der Waals surface area contributed by atoms with E-state index in [4.69, 9.17) is 33.2 Å². The van der Waals surface area contributed by atoms with Crippen molar-refractivity contribution in [2.24, 2.45) is 23.7 Å². The van der Waals surface area contributed by atoms with Crippen LogP contribution in [0.25, 0.3) is 0 Å². The fourth-order valence-electron chi connectivity index (χ4n) is 4.84. The highest BCUT2D eigenvalue weighted by molar-refractivity contribution is 5.83. The molecule has 0 saturated carbocycles. The minimum atomic E-state index is -0.559. The van der Waals surface area contributed by atoms with Gasteiger partial charge in [-0.1, -0.05) is 36.5 Å². The van der Waals surface area contributed by atoms with Crippen LogP contribution in [0.2, 0.25) is 0 Å². The van der Waals surface area contributed by atoms with Gasteiger partial charge in [0.05, 0.1) is 76.5 Å². The molecule has 0 fully saturated rings. The smallest absolute Gasteiger partial charge is 0.310 e. The second kappa shape index (κ2) is 24.0. The van der Waals surface area contributed by atoms with E-state index in [1.165, 1.54) is 0 Å². The van der Waals surface area contributed by atoms with Gasteiger partial charge in [0.15, 0.2) is 0 Å². The van der Waals surface area contributed by atoms with E-state index in [0.717, 1.165) is 12.8 Å². The van der Waals surface area contributed by atoms with Gasteiger partial charge in [0.25, 0.3) is 0 Å². The fourth-order valence-corrected chi connectivity index (χ4v) is 4.84. The predicted octanol–water partition coefficient (Wildman–Crippen LogP) is 4.31. The summed E-state index contributed by atoms with van der Waals surface area (Å²) >= 11 is 0. The molecule has 0 heterocycles. The number of hydrogen-bond acceptors (Lipinski definition) is 11. The van der Waals surface area contributed by atoms with Gasteiger partial charge in [0, 0.05) is 0 Å². The van der Waals surface area contributed by atoms with Crippen LogP contribution >= 0.6 is 0 Å². The molecule has 0 spiro atoms. The number of hydrogen-bond donors (Lipinski definition) is 0. The van der Waals surface area contributed by atoms with E-state index in [-0.39, 0.29) is 38.4 Å². The molecule has 252 valence electrons. The van der Waals surface area contributed by atoms with Crippen molar-refractivity contribution in [1.82, 2.24) is 0 Å². The summed E-state index contributed by atoms with van der Waals surface area (Å²) in [5.41, 5.74) is 0. The molecular weight excluding hydrogens is 584 g/mol. The Balaban J connectivity index is 1.47. The Hall–Kier alpha value is -3.28. The minimum absolute atomic E-state index is 0.0801. The molecular formula is C34H50O11. The van der Waals surface area contributed by atoms with Gasteiger partial charge in [-0.25, -0.2) is 0 Å². The van der Waals surface area contributed by atoms with Gasteiger partial charge in [-0.05, 0) is 51.4 Å². The second-order valence-corrected chi connectivity index (χ2v) is 10.7. The van der Waals surface area contributed by atoms with Crippen LogP contribution < -0.4 is 0 Å². The Kier molecular flexibility index (Phi) is 20.2. The lowest BCUT2D eigenvalue weighted by Gasteiger charge is -2.25. The van der Waals surface area contributed by atoms with E-state index in [1.54, 1.807) is 12.2 Å². The van der Waals surface area contributed by atoms with E-state index in [2.05, 4.69) is 13.2 Å². The molecule has 0 radical (unpaired) electrons. The summed E-state index contributed by atoms with van der Waals surface area (Å²) in [4.78, 5) is 50.0. The van der Waals surface area contributed by atoms with Crippen LogP contribution in [-0.2, 0) is 52.3 Å². The molecule has 0 aromatic heterocycles. The Morgan fingerprint density at radius 1 is 0.467 bits per heavy atom. The summed E-state index contributed by atoms with van der Waals surface area (Å²) < 4.78 is 37.7. The van der Waals surface area contributed by atoms with Crippen LogP contribution in [0.1, 0.15) is 51.4 Å². The number of allylic oxidation sites excluding steroid dienone is 6. The quantitative estimate of drug-likeness (QED) is 0.0651. The standard InChI is InChI=1S/C34H50O11/c1-3-5-11-17-42-31(35)27-13-7-9-15-29(27)33(37)44-25-23-40-21-19-39-20-22-41-24-26-45-34(38)30-16-10-8-14-28(30)32(36)43-18-12-6-4-2/h3-4,7-10,27-30H,1-2,5-6,11-26H2/t27-,28+,29+,30-. The summed E-state index contributed by atoms with van der Waals surface area (Å²) in [6.45, 7) is 9.78. The molecule has 2 rings (SSSR count). The Morgan fingerprint density at radius 3 is 1.02 bits per heavy atom. The third-order valence-corrected chi connectivity index (χ3v) is 7.36. The van der Waals surface area contributed by atoms with Crippen molar-refractivity contribution in [1.29, 1.82) is 0 Å². The third-order valence-electron chi connectivity index (χ3n) is 7.36. The number of carbonyl (C=O) groups is 4. The maximum Gasteiger partial charge on any atom is 0.310 e. The van der Waals surface area contributed by atoms with E-state index < -0.39 is 35.6 Å². The maximum atomic E-state index is 12.6. The average Bonchev–Trinajstić information content (AvgIpc) is 3.06. The highest BCUT2D eigenvalue weighted by Crippen LogP contribution is 2.29. The molecule has 0 saturated heterocycles. The highest BCUT2D eigenvalue weighted by atomic mass is 16.6. The Bertz CT molecular complexity index is 897. The first kappa shape index (κ1) is 37.9. The molecule has 0 aromatic rings. The summed E-state index contributed by atoms with van der Waals surface area (Å²) in [5, 5.41) is 0. The number of ether oxygens (including phenoxy) is 7. The number of unbranched alkanes of at least 4 members (excludes halogenated alkanes) is 2. The van der Waals surface area contributed by atoms with Crippen molar-refractivity contribution in [3.63, 3.8) is 0 Å². The van der Waals surface area contributed by atoms with Gasteiger partial charge in [0.2, 0.25) is 0 Å². The van der Waals surface area contributed by atoms with Crippen molar-refractivity contribution < 1.29 is 52.3 Å². The second-order valence-electron chi connectivity index (χ2n) is 10.7. The maximum absolute atomic E-state index is 12.6. The van der Waals surface area contributed by atoms with Crippen molar-refractivity contribution in [2.75, 3.05) is 66.1 Å². The van der Waals surface area contributed by atoms with Crippen molar-refractivity contribution >= 4 is 23.9 Å². The zero-order valence-corrected chi connectivity index (χ0v) is 26.4. The van der Waals surface area contributed by atoms with Gasteiger partial charge >= 0.3 is 23.9 Å². The van der Waals surface area contributed by atoms with Gasteiger partial charge < -0.3 is 33.2 Å². The van der Waals surface area contributed by atoms with E-state index in [0.29, 0.717) is 78.2 Å². The molecule has 0 unspecified atom stereocenters. The minimum Gasteiger partial charge on any atom is -0.465 e. The van der Waals surface area contributed by atoms with Gasteiger partial charge in [0.1, 0.15) is 13.2 Å². The van der Waals surface area contributed by atoms with Crippen LogP contribution in [0.3, 0.4) is 0 Å². The van der Waals surface area contributed by atoms with E-state index in [1.807, 2.05) is 24.3 Å². The summed E-state index contributed by atoms with van der Waals surface area (Å²) in [7, 11) is 0. The largest absolute Gasteiger partial charge is 0.465 e. The van der Waals surface area contributed by atoms with Crippen LogP contribution in [0.4, 0.5) is 0 Å². The van der Waals surface area contributed by atoms with Crippen molar-refractivity contribution in [2.45, 2.75) is 51.4 Å². The van der Waals surface area contributed by atoms with E-state index in [9.17, 15) is 19.2 Å². The Labute approximate surface area is 266 Å². The lowest BCUT2D eigenvalue weighted by Crippen LogP contribution is -2.34. The average molecular weight is 635 g/mol. The first-order valence-corrected chi connectivity index (χ1v) is 15.9. The zero-order chi connectivity index (χ0) is 32.5. The molecule has 0 aromatic carbocycles. The van der Waals surface area contributed by atoms with Gasteiger partial charge in [-0.3, -0.25) is 19.2 Å². The number of rotatable bonds is 24. The molecule has 0 bridgehead atoms. The molecule has 2 aliphatic carbocycles. The molecule has 45 heavy (non-hydrogen) atoms. The molecule has 2 aliphatic rings. The van der Waals surface area contributed by atoms with Crippen molar-refractivity contribution in [3.05, 3.63) is 49.6 Å². The summed E-state index contributed by atoms with van der Waals surface area (Å²) in [6.07, 6.45) is 15.8. The van der Waals surface area contributed by atoms with E-state index >= 15 is 0 Å². The van der Waals surface area contributed by atoms with Crippen LogP contribution in [-0.4, -0.2) is 89.9 Å². The number of carbonyl (C=O) groups excluding carboxylic acids is 4.